The summed E-state index contributed by atoms with van der Waals surface area (Å²) >= 11 is 0. The van der Waals surface area contributed by atoms with Gasteiger partial charge in [-0.25, -0.2) is 0 Å². The van der Waals surface area contributed by atoms with Gasteiger partial charge in [-0.2, -0.15) is 10.5 Å². The van der Waals surface area contributed by atoms with Crippen LogP contribution in [0.15, 0.2) is 30.3 Å². The van der Waals surface area contributed by atoms with Crippen LogP contribution >= 0.6 is 0 Å². The molecule has 36 heavy (non-hydrogen) atoms. The summed E-state index contributed by atoms with van der Waals surface area (Å²) in [6.07, 6.45) is 20.7. The molecule has 2 unspecified atom stereocenters. The monoisotopic (exact) mass is 491 g/mol. The van der Waals surface area contributed by atoms with Crippen molar-refractivity contribution < 1.29 is 9.59 Å². The molecule has 1 aliphatic rings. The molecule has 2 rings (SSSR count). The van der Waals surface area contributed by atoms with Crippen molar-refractivity contribution in [2.45, 2.75) is 121 Å². The Morgan fingerprint density at radius 3 is 1.44 bits per heavy atom. The SMILES string of the molecule is CCCCCCCCCCCCCCCCCCC1(c2ccccc2)C(C#N)C(=O)NC(=O)C1C#N. The number of nitrogens with zero attached hydrogens (tertiary/aromatic N) is 2. The first-order valence-electron chi connectivity index (χ1n) is 14.3. The van der Waals surface area contributed by atoms with Crippen LogP contribution in [0, 0.1) is 34.5 Å². The maximum absolute atomic E-state index is 12.6. The van der Waals surface area contributed by atoms with Crippen LogP contribution in [0.5, 0.6) is 0 Å². The summed E-state index contributed by atoms with van der Waals surface area (Å²) in [7, 11) is 0. The van der Waals surface area contributed by atoms with E-state index >= 15 is 0 Å². The second-order valence-electron chi connectivity index (χ2n) is 10.4. The molecule has 1 aromatic rings. The maximum Gasteiger partial charge on any atom is 0.244 e. The van der Waals surface area contributed by atoms with E-state index in [9.17, 15) is 20.1 Å². The van der Waals surface area contributed by atoms with Crippen LogP contribution < -0.4 is 5.32 Å². The Morgan fingerprint density at radius 2 is 1.06 bits per heavy atom. The normalized spacial score (nSPS) is 21.5. The zero-order valence-corrected chi connectivity index (χ0v) is 22.3. The second-order valence-corrected chi connectivity index (χ2v) is 10.4. The van der Waals surface area contributed by atoms with Crippen molar-refractivity contribution in [1.29, 1.82) is 10.5 Å². The highest BCUT2D eigenvalue weighted by Crippen LogP contribution is 2.46. The fourth-order valence-corrected chi connectivity index (χ4v) is 5.73. The Morgan fingerprint density at radius 1 is 0.667 bits per heavy atom. The molecule has 5 heteroatoms. The largest absolute Gasteiger partial charge is 0.294 e. The molecule has 0 bridgehead atoms. The number of benzene rings is 1. The molecule has 1 fully saturated rings. The van der Waals surface area contributed by atoms with Crippen molar-refractivity contribution in [3.63, 3.8) is 0 Å². The van der Waals surface area contributed by atoms with Crippen LogP contribution in [-0.4, -0.2) is 11.8 Å². The quantitative estimate of drug-likeness (QED) is 0.170. The van der Waals surface area contributed by atoms with Gasteiger partial charge in [-0.05, 0) is 12.0 Å². The second kappa shape index (κ2) is 16.9. The van der Waals surface area contributed by atoms with Crippen LogP contribution in [0.2, 0.25) is 0 Å². The fourth-order valence-electron chi connectivity index (χ4n) is 5.73. The smallest absolute Gasteiger partial charge is 0.244 e. The number of carbonyl (C=O) groups is 2. The number of nitriles is 2. The molecule has 2 amide bonds. The summed E-state index contributed by atoms with van der Waals surface area (Å²) < 4.78 is 0. The van der Waals surface area contributed by atoms with Gasteiger partial charge in [0.1, 0.15) is 11.8 Å². The third-order valence-electron chi connectivity index (χ3n) is 7.81. The Bertz CT molecular complexity index is 836. The number of amides is 2. The molecule has 1 N–H and O–H groups in total. The molecular formula is C31H45N3O2. The van der Waals surface area contributed by atoms with Gasteiger partial charge in [0.2, 0.25) is 11.8 Å². The minimum atomic E-state index is -1.10. The topological polar surface area (TPSA) is 93.8 Å². The van der Waals surface area contributed by atoms with Crippen molar-refractivity contribution in [3.05, 3.63) is 35.9 Å². The van der Waals surface area contributed by atoms with Crippen LogP contribution in [0.4, 0.5) is 0 Å². The molecule has 0 aromatic heterocycles. The van der Waals surface area contributed by atoms with E-state index in [1.54, 1.807) is 0 Å². The van der Waals surface area contributed by atoms with Crippen LogP contribution in [0.1, 0.15) is 122 Å². The van der Waals surface area contributed by atoms with E-state index in [-0.39, 0.29) is 0 Å². The Labute approximate surface area is 218 Å². The summed E-state index contributed by atoms with van der Waals surface area (Å²) in [6.45, 7) is 2.26. The Hall–Kier alpha value is -2.66. The lowest BCUT2D eigenvalue weighted by Gasteiger charge is -2.43. The molecule has 1 saturated heterocycles. The maximum atomic E-state index is 12.6. The van der Waals surface area contributed by atoms with Gasteiger partial charge < -0.3 is 0 Å². The summed E-state index contributed by atoms with van der Waals surface area (Å²) in [4.78, 5) is 25.2. The molecule has 0 spiro atoms. The predicted molar refractivity (Wildman–Crippen MR) is 144 cm³/mol. The lowest BCUT2D eigenvalue weighted by molar-refractivity contribution is -0.141. The van der Waals surface area contributed by atoms with Crippen molar-refractivity contribution in [2.75, 3.05) is 0 Å². The molecule has 1 heterocycles. The Kier molecular flexibility index (Phi) is 13.9. The standard InChI is InChI=1S/C31H45N3O2/c1-2-3-4-5-6-7-8-9-10-11-12-13-14-15-16-20-23-31(26-21-18-17-19-22-26)27(24-32)29(35)34-30(36)28(31)25-33/h17-19,21-22,27-28H,2-16,20,23H2,1H3,(H,34,35,36). The number of nitrogens with one attached hydrogen (secondary N) is 1. The van der Waals surface area contributed by atoms with Crippen LogP contribution in [0.25, 0.3) is 0 Å². The highest BCUT2D eigenvalue weighted by atomic mass is 16.2. The third-order valence-corrected chi connectivity index (χ3v) is 7.81. The first-order chi connectivity index (χ1) is 17.6. The van der Waals surface area contributed by atoms with Gasteiger partial charge in [-0.15, -0.1) is 0 Å². The van der Waals surface area contributed by atoms with Crippen molar-refractivity contribution in [2.24, 2.45) is 11.8 Å². The minimum Gasteiger partial charge on any atom is -0.294 e. The van der Waals surface area contributed by atoms with Crippen molar-refractivity contribution >= 4 is 11.8 Å². The lowest BCUT2D eigenvalue weighted by atomic mass is 9.58. The van der Waals surface area contributed by atoms with E-state index in [4.69, 9.17) is 0 Å². The van der Waals surface area contributed by atoms with Gasteiger partial charge >= 0.3 is 0 Å². The third kappa shape index (κ3) is 8.48. The summed E-state index contributed by atoms with van der Waals surface area (Å²) in [5.41, 5.74) is -0.368. The van der Waals surface area contributed by atoms with Gasteiger partial charge in [-0.3, -0.25) is 14.9 Å². The number of rotatable bonds is 18. The predicted octanol–water partition coefficient (Wildman–Crippen LogP) is 7.51. The zero-order chi connectivity index (χ0) is 26.1. The summed E-state index contributed by atoms with van der Waals surface area (Å²) in [5.74, 6) is -3.29. The van der Waals surface area contributed by atoms with Crippen LogP contribution in [-0.2, 0) is 15.0 Å². The number of hydrogen-bond donors (Lipinski definition) is 1. The first kappa shape index (κ1) is 29.6. The number of carbonyl (C=O) groups excluding carboxylic acids is 2. The van der Waals surface area contributed by atoms with E-state index in [2.05, 4.69) is 24.4 Å². The number of unbranched alkanes of at least 4 members (excludes halogenated alkanes) is 15. The molecule has 0 aliphatic carbocycles. The highest BCUT2D eigenvalue weighted by Gasteiger charge is 2.56. The van der Waals surface area contributed by atoms with Crippen LogP contribution in [0.3, 0.4) is 0 Å². The molecule has 1 aromatic carbocycles. The average Bonchev–Trinajstić information content (AvgIpc) is 2.89. The lowest BCUT2D eigenvalue weighted by Crippen LogP contribution is -2.59. The van der Waals surface area contributed by atoms with Gasteiger partial charge in [0.05, 0.1) is 12.1 Å². The highest BCUT2D eigenvalue weighted by molar-refractivity contribution is 6.04. The molecule has 5 nitrogen and oxygen atoms in total. The van der Waals surface area contributed by atoms with Gasteiger partial charge in [-0.1, -0.05) is 140 Å². The molecule has 2 atom stereocenters. The Balaban J connectivity index is 1.73. The molecular weight excluding hydrogens is 446 g/mol. The van der Waals surface area contributed by atoms with Crippen molar-refractivity contribution in [3.8, 4) is 12.1 Å². The van der Waals surface area contributed by atoms with Crippen molar-refractivity contribution in [1.82, 2.24) is 5.32 Å². The van der Waals surface area contributed by atoms with E-state index in [1.807, 2.05) is 30.3 Å². The summed E-state index contributed by atoms with van der Waals surface area (Å²) in [6, 6.07) is 13.5. The molecule has 1 aliphatic heterocycles. The minimum absolute atomic E-state index is 0.477. The zero-order valence-electron chi connectivity index (χ0n) is 22.3. The number of piperidine rings is 1. The molecule has 0 radical (unpaired) electrons. The average molecular weight is 492 g/mol. The molecule has 196 valence electrons. The van der Waals surface area contributed by atoms with E-state index in [0.29, 0.717) is 6.42 Å². The summed E-state index contributed by atoms with van der Waals surface area (Å²) in [5, 5.41) is 22.0. The molecule has 0 saturated carbocycles. The fraction of sp³-hybridized carbons (Fsp3) is 0.677. The van der Waals surface area contributed by atoms with Gasteiger partial charge in [0, 0.05) is 5.41 Å². The van der Waals surface area contributed by atoms with Gasteiger partial charge in [0.15, 0.2) is 0 Å². The number of hydrogen-bond acceptors (Lipinski definition) is 4. The van der Waals surface area contributed by atoms with Gasteiger partial charge in [0.25, 0.3) is 0 Å². The number of imide groups is 1. The van der Waals surface area contributed by atoms with E-state index < -0.39 is 29.1 Å². The van der Waals surface area contributed by atoms with E-state index in [0.717, 1.165) is 24.8 Å². The van der Waals surface area contributed by atoms with E-state index in [1.165, 1.54) is 83.5 Å². The first-order valence-corrected chi connectivity index (χ1v) is 14.3.